The summed E-state index contributed by atoms with van der Waals surface area (Å²) in [7, 11) is 0. The Labute approximate surface area is 119 Å². The maximum absolute atomic E-state index is 6.03. The topological polar surface area (TPSA) is 47.1 Å². The molecule has 1 aliphatic heterocycles. The van der Waals surface area contributed by atoms with Crippen LogP contribution >= 0.6 is 12.2 Å². The molecule has 4 nitrogen and oxygen atoms in total. The summed E-state index contributed by atoms with van der Waals surface area (Å²) < 4.78 is 12.2. The second kappa shape index (κ2) is 6.11. The van der Waals surface area contributed by atoms with Gasteiger partial charge in [-0.3, -0.25) is 0 Å². The molecule has 0 saturated carbocycles. The van der Waals surface area contributed by atoms with Gasteiger partial charge in [0.25, 0.3) is 0 Å². The zero-order valence-corrected chi connectivity index (χ0v) is 12.7. The Morgan fingerprint density at radius 3 is 2.63 bits per heavy atom. The molecule has 0 unspecified atom stereocenters. The lowest BCUT2D eigenvalue weighted by Crippen LogP contribution is -2.38. The SMILES string of the molecule is CCOC1(c2nc(=S)c(C)c(CC)[nH]2)CCOCC1. The number of aryl methyl sites for hydroxylation is 1. The van der Waals surface area contributed by atoms with Crippen LogP contribution in [-0.2, 0) is 21.5 Å². The van der Waals surface area contributed by atoms with E-state index in [1.807, 2.05) is 13.8 Å². The van der Waals surface area contributed by atoms with Crippen LogP contribution in [0.1, 0.15) is 43.8 Å². The van der Waals surface area contributed by atoms with Gasteiger partial charge in [0.1, 0.15) is 16.1 Å². The smallest absolute Gasteiger partial charge is 0.140 e. The number of hydrogen-bond acceptors (Lipinski definition) is 4. The van der Waals surface area contributed by atoms with E-state index in [0.717, 1.165) is 36.3 Å². The monoisotopic (exact) mass is 282 g/mol. The van der Waals surface area contributed by atoms with Gasteiger partial charge in [-0.05, 0) is 20.3 Å². The predicted molar refractivity (Wildman–Crippen MR) is 76.9 cm³/mol. The fourth-order valence-corrected chi connectivity index (χ4v) is 2.79. The van der Waals surface area contributed by atoms with E-state index in [2.05, 4.69) is 16.9 Å². The molecule has 0 aromatic carbocycles. The normalized spacial score (nSPS) is 18.5. The van der Waals surface area contributed by atoms with Gasteiger partial charge in [-0.2, -0.15) is 0 Å². The molecule has 19 heavy (non-hydrogen) atoms. The van der Waals surface area contributed by atoms with Crippen molar-refractivity contribution >= 4 is 12.2 Å². The van der Waals surface area contributed by atoms with Crippen LogP contribution in [0.5, 0.6) is 0 Å². The Bertz CT molecular complexity index is 487. The van der Waals surface area contributed by atoms with Gasteiger partial charge in [0, 0.05) is 43.9 Å². The van der Waals surface area contributed by atoms with Gasteiger partial charge in [-0.25, -0.2) is 4.98 Å². The molecule has 1 fully saturated rings. The summed E-state index contributed by atoms with van der Waals surface area (Å²) in [5, 5.41) is 0. The molecular weight excluding hydrogens is 260 g/mol. The van der Waals surface area contributed by atoms with E-state index in [1.165, 1.54) is 0 Å². The third-order valence-corrected chi connectivity index (χ3v) is 4.16. The van der Waals surface area contributed by atoms with Crippen LogP contribution in [0.2, 0.25) is 0 Å². The molecule has 0 atom stereocenters. The summed E-state index contributed by atoms with van der Waals surface area (Å²) >= 11 is 5.38. The lowest BCUT2D eigenvalue weighted by atomic mass is 9.92. The van der Waals surface area contributed by atoms with E-state index in [9.17, 15) is 0 Å². The lowest BCUT2D eigenvalue weighted by Gasteiger charge is -2.36. The van der Waals surface area contributed by atoms with E-state index in [0.29, 0.717) is 24.5 Å². The highest BCUT2D eigenvalue weighted by Gasteiger charge is 2.37. The second-order valence-electron chi connectivity index (χ2n) is 4.89. The number of H-pyrrole nitrogens is 1. The number of aromatic nitrogens is 2. The molecule has 1 aromatic heterocycles. The van der Waals surface area contributed by atoms with Crippen LogP contribution in [0.25, 0.3) is 0 Å². The molecule has 5 heteroatoms. The number of aromatic amines is 1. The van der Waals surface area contributed by atoms with E-state index in [-0.39, 0.29) is 5.60 Å². The van der Waals surface area contributed by atoms with Crippen LogP contribution in [0, 0.1) is 11.6 Å². The average Bonchev–Trinajstić information content (AvgIpc) is 2.43. The molecular formula is C14H22N2O2S. The minimum Gasteiger partial charge on any atom is -0.381 e. The van der Waals surface area contributed by atoms with Crippen molar-refractivity contribution < 1.29 is 9.47 Å². The van der Waals surface area contributed by atoms with Crippen molar-refractivity contribution in [1.82, 2.24) is 9.97 Å². The Balaban J connectivity index is 2.47. The zero-order valence-electron chi connectivity index (χ0n) is 11.9. The third kappa shape index (κ3) is 2.88. The molecule has 1 N–H and O–H groups in total. The first kappa shape index (κ1) is 14.6. The highest BCUT2D eigenvalue weighted by molar-refractivity contribution is 7.71. The molecule has 0 aliphatic carbocycles. The molecule has 1 saturated heterocycles. The molecule has 0 radical (unpaired) electrons. The van der Waals surface area contributed by atoms with Crippen LogP contribution < -0.4 is 0 Å². The standard InChI is InChI=1S/C14H22N2O2S/c1-4-11-10(3)12(19)16-13(15-11)14(18-5-2)6-8-17-9-7-14/h4-9H2,1-3H3,(H,15,16,19). The number of nitrogens with one attached hydrogen (secondary N) is 1. The van der Waals surface area contributed by atoms with Gasteiger partial charge >= 0.3 is 0 Å². The highest BCUT2D eigenvalue weighted by Crippen LogP contribution is 2.34. The van der Waals surface area contributed by atoms with Gasteiger partial charge in [0.2, 0.25) is 0 Å². The van der Waals surface area contributed by atoms with E-state index < -0.39 is 0 Å². The lowest BCUT2D eigenvalue weighted by molar-refractivity contribution is -0.118. The highest BCUT2D eigenvalue weighted by atomic mass is 32.1. The fourth-order valence-electron chi connectivity index (χ4n) is 2.58. The van der Waals surface area contributed by atoms with Crippen molar-refractivity contribution in [1.29, 1.82) is 0 Å². The number of ether oxygens (including phenoxy) is 2. The first-order chi connectivity index (χ1) is 9.13. The first-order valence-corrected chi connectivity index (χ1v) is 7.35. The average molecular weight is 282 g/mol. The summed E-state index contributed by atoms with van der Waals surface area (Å²) in [5.74, 6) is 0.866. The number of rotatable bonds is 4. The van der Waals surface area contributed by atoms with Crippen molar-refractivity contribution in [3.63, 3.8) is 0 Å². The summed E-state index contributed by atoms with van der Waals surface area (Å²) in [6.45, 7) is 8.23. The fraction of sp³-hybridized carbons (Fsp3) is 0.714. The van der Waals surface area contributed by atoms with Crippen molar-refractivity contribution in [3.8, 4) is 0 Å². The molecule has 2 heterocycles. The van der Waals surface area contributed by atoms with E-state index in [4.69, 9.17) is 21.7 Å². The van der Waals surface area contributed by atoms with Gasteiger partial charge in [0.05, 0.1) is 0 Å². The maximum atomic E-state index is 6.03. The Morgan fingerprint density at radius 1 is 1.37 bits per heavy atom. The van der Waals surface area contributed by atoms with Crippen LogP contribution in [0.3, 0.4) is 0 Å². The largest absolute Gasteiger partial charge is 0.381 e. The Morgan fingerprint density at radius 2 is 2.05 bits per heavy atom. The van der Waals surface area contributed by atoms with E-state index >= 15 is 0 Å². The van der Waals surface area contributed by atoms with Crippen molar-refractivity contribution in [2.75, 3.05) is 19.8 Å². The van der Waals surface area contributed by atoms with Crippen LogP contribution in [0.15, 0.2) is 0 Å². The minimum absolute atomic E-state index is 0.363. The predicted octanol–water partition coefficient (Wildman–Crippen LogP) is 3.05. The molecule has 0 amide bonds. The number of nitrogens with zero attached hydrogens (tertiary/aromatic N) is 1. The minimum atomic E-state index is -0.363. The van der Waals surface area contributed by atoms with Gasteiger partial charge in [-0.1, -0.05) is 19.1 Å². The molecule has 1 aliphatic rings. The van der Waals surface area contributed by atoms with Crippen LogP contribution in [0.4, 0.5) is 0 Å². The van der Waals surface area contributed by atoms with Gasteiger partial charge in [-0.15, -0.1) is 0 Å². The van der Waals surface area contributed by atoms with Gasteiger partial charge in [0.15, 0.2) is 0 Å². The summed E-state index contributed by atoms with van der Waals surface area (Å²) in [6.07, 6.45) is 2.57. The van der Waals surface area contributed by atoms with Crippen molar-refractivity contribution in [2.24, 2.45) is 0 Å². The summed E-state index contributed by atoms with van der Waals surface area (Å²) in [4.78, 5) is 8.01. The maximum Gasteiger partial charge on any atom is 0.140 e. The van der Waals surface area contributed by atoms with E-state index in [1.54, 1.807) is 0 Å². The zero-order chi connectivity index (χ0) is 13.9. The third-order valence-electron chi connectivity index (χ3n) is 3.76. The second-order valence-corrected chi connectivity index (χ2v) is 5.27. The quantitative estimate of drug-likeness (QED) is 0.862. The molecule has 1 aromatic rings. The van der Waals surface area contributed by atoms with Crippen LogP contribution in [-0.4, -0.2) is 29.8 Å². The Hall–Kier alpha value is -0.780. The van der Waals surface area contributed by atoms with Gasteiger partial charge < -0.3 is 14.5 Å². The van der Waals surface area contributed by atoms with Crippen molar-refractivity contribution in [3.05, 3.63) is 21.7 Å². The summed E-state index contributed by atoms with van der Waals surface area (Å²) in [6, 6.07) is 0. The molecule has 0 spiro atoms. The number of hydrogen-bond donors (Lipinski definition) is 1. The Kier molecular flexibility index (Phi) is 4.71. The first-order valence-electron chi connectivity index (χ1n) is 6.95. The molecule has 106 valence electrons. The van der Waals surface area contributed by atoms with Crippen molar-refractivity contribution in [2.45, 2.75) is 45.6 Å². The summed E-state index contributed by atoms with van der Waals surface area (Å²) in [5.41, 5.74) is 1.86. The molecule has 2 rings (SSSR count). The molecule has 0 bridgehead atoms.